The Bertz CT molecular complexity index is 398. The number of carboxylic acid groups (broad SMARTS) is 1. The van der Waals surface area contributed by atoms with Crippen molar-refractivity contribution in [3.05, 3.63) is 22.4 Å². The number of hydrogen-bond acceptors (Lipinski definition) is 4. The summed E-state index contributed by atoms with van der Waals surface area (Å²) < 4.78 is 5.03. The fourth-order valence-corrected chi connectivity index (χ4v) is 3.18. The van der Waals surface area contributed by atoms with Gasteiger partial charge in [-0.3, -0.25) is 4.90 Å². The van der Waals surface area contributed by atoms with E-state index in [2.05, 4.69) is 6.92 Å². The Hall–Kier alpha value is -1.11. The van der Waals surface area contributed by atoms with Gasteiger partial charge in [0, 0.05) is 24.6 Å². The number of methoxy groups -OCH3 is 1. The van der Waals surface area contributed by atoms with Gasteiger partial charge < -0.3 is 15.6 Å². The van der Waals surface area contributed by atoms with E-state index in [9.17, 15) is 9.90 Å². The summed E-state index contributed by atoms with van der Waals surface area (Å²) >= 11 is 1.57. The predicted molar refractivity (Wildman–Crippen MR) is 85.8 cm³/mol. The first-order valence-electron chi connectivity index (χ1n) is 7.37. The molecular formula is C15H26N2O3S. The largest absolute Gasteiger partial charge is 0.465 e. The van der Waals surface area contributed by atoms with Gasteiger partial charge in [0.2, 0.25) is 0 Å². The summed E-state index contributed by atoms with van der Waals surface area (Å²) in [6.07, 6.45) is 2.83. The highest BCUT2D eigenvalue weighted by atomic mass is 32.1. The first-order chi connectivity index (χ1) is 10.1. The van der Waals surface area contributed by atoms with Gasteiger partial charge in [-0.15, -0.1) is 11.3 Å². The molecule has 5 nitrogen and oxygen atoms in total. The van der Waals surface area contributed by atoms with E-state index < -0.39 is 6.09 Å². The van der Waals surface area contributed by atoms with Crippen LogP contribution >= 0.6 is 11.3 Å². The third-order valence-corrected chi connectivity index (χ3v) is 4.46. The summed E-state index contributed by atoms with van der Waals surface area (Å²) in [6, 6.07) is 3.75. The summed E-state index contributed by atoms with van der Waals surface area (Å²) in [5, 5.41) is 11.5. The van der Waals surface area contributed by atoms with Crippen molar-refractivity contribution >= 4 is 17.4 Å². The number of nitrogens with zero attached hydrogens (tertiary/aromatic N) is 1. The first kappa shape index (κ1) is 17.9. The third kappa shape index (κ3) is 6.03. The van der Waals surface area contributed by atoms with E-state index in [0.717, 1.165) is 24.1 Å². The molecule has 1 aromatic heterocycles. The number of amides is 1. The Morgan fingerprint density at radius 2 is 2.33 bits per heavy atom. The average Bonchev–Trinajstić information content (AvgIpc) is 2.97. The lowest BCUT2D eigenvalue weighted by atomic mass is 10.0. The van der Waals surface area contributed by atoms with Gasteiger partial charge in [0.1, 0.15) is 0 Å². The van der Waals surface area contributed by atoms with Crippen LogP contribution in [0, 0.1) is 0 Å². The highest BCUT2D eigenvalue weighted by molar-refractivity contribution is 7.10. The smallest absolute Gasteiger partial charge is 0.407 e. The van der Waals surface area contributed by atoms with Crippen LogP contribution in [0.3, 0.4) is 0 Å². The molecule has 0 saturated carbocycles. The molecule has 6 heteroatoms. The summed E-state index contributed by atoms with van der Waals surface area (Å²) in [6.45, 7) is 2.87. The van der Waals surface area contributed by atoms with Crippen LogP contribution in [-0.4, -0.2) is 42.4 Å². The van der Waals surface area contributed by atoms with Gasteiger partial charge >= 0.3 is 6.09 Å². The lowest BCUT2D eigenvalue weighted by Crippen LogP contribution is -2.39. The van der Waals surface area contributed by atoms with E-state index >= 15 is 0 Å². The van der Waals surface area contributed by atoms with Gasteiger partial charge in [0.25, 0.3) is 0 Å². The fraction of sp³-hybridized carbons (Fsp3) is 0.667. The SMILES string of the molecule is CCCC[C@H](N)CC(c1cccs1)N(CCOC)C(=O)O. The normalized spacial score (nSPS) is 13.9. The molecule has 1 aromatic rings. The van der Waals surface area contributed by atoms with Crippen LogP contribution in [0.25, 0.3) is 0 Å². The molecule has 3 N–H and O–H groups in total. The molecule has 0 saturated heterocycles. The second-order valence-corrected chi connectivity index (χ2v) is 6.12. The van der Waals surface area contributed by atoms with Gasteiger partial charge in [-0.25, -0.2) is 4.79 Å². The molecule has 0 aliphatic rings. The molecule has 0 aliphatic carbocycles. The van der Waals surface area contributed by atoms with Crippen molar-refractivity contribution in [2.75, 3.05) is 20.3 Å². The van der Waals surface area contributed by atoms with E-state index in [1.807, 2.05) is 17.5 Å². The van der Waals surface area contributed by atoms with Gasteiger partial charge in [0.05, 0.1) is 12.6 Å². The zero-order valence-electron chi connectivity index (χ0n) is 12.8. The zero-order valence-corrected chi connectivity index (χ0v) is 13.6. The lowest BCUT2D eigenvalue weighted by molar-refractivity contribution is 0.0935. The number of hydrogen-bond donors (Lipinski definition) is 2. The van der Waals surface area contributed by atoms with Crippen LogP contribution in [0.15, 0.2) is 17.5 Å². The number of ether oxygens (including phenoxy) is 1. The number of carbonyl (C=O) groups is 1. The second-order valence-electron chi connectivity index (χ2n) is 5.14. The van der Waals surface area contributed by atoms with Crippen molar-refractivity contribution in [1.29, 1.82) is 0 Å². The maximum atomic E-state index is 11.6. The topological polar surface area (TPSA) is 75.8 Å². The minimum Gasteiger partial charge on any atom is -0.465 e. The standard InChI is InChI=1S/C15H26N2O3S/c1-3-4-6-12(16)11-13(14-7-5-10-21-14)17(15(18)19)8-9-20-2/h5,7,10,12-13H,3-4,6,8-9,11,16H2,1-2H3,(H,18,19)/t12-,13?/m0/s1. The lowest BCUT2D eigenvalue weighted by Gasteiger charge is -2.30. The van der Waals surface area contributed by atoms with E-state index in [1.165, 1.54) is 4.90 Å². The molecule has 0 radical (unpaired) electrons. The monoisotopic (exact) mass is 314 g/mol. The Morgan fingerprint density at radius 1 is 1.57 bits per heavy atom. The Labute approximate surface area is 130 Å². The molecule has 0 aromatic carbocycles. The Kier molecular flexibility index (Phi) is 8.34. The molecule has 1 amide bonds. The van der Waals surface area contributed by atoms with Crippen LogP contribution in [0.4, 0.5) is 4.79 Å². The minimum atomic E-state index is -0.923. The zero-order chi connectivity index (χ0) is 15.7. The van der Waals surface area contributed by atoms with Crippen LogP contribution in [-0.2, 0) is 4.74 Å². The Balaban J connectivity index is 2.82. The number of rotatable bonds is 10. The highest BCUT2D eigenvalue weighted by Gasteiger charge is 2.27. The molecule has 120 valence electrons. The van der Waals surface area contributed by atoms with Crippen LogP contribution in [0.1, 0.15) is 43.5 Å². The molecule has 0 spiro atoms. The maximum absolute atomic E-state index is 11.6. The third-order valence-electron chi connectivity index (χ3n) is 3.48. The summed E-state index contributed by atoms with van der Waals surface area (Å²) in [4.78, 5) is 14.1. The van der Waals surface area contributed by atoms with Crippen LogP contribution < -0.4 is 5.73 Å². The van der Waals surface area contributed by atoms with Gasteiger partial charge in [0.15, 0.2) is 0 Å². The quantitative estimate of drug-likeness (QED) is 0.694. The first-order valence-corrected chi connectivity index (χ1v) is 8.25. The fourth-order valence-electron chi connectivity index (χ4n) is 2.32. The molecule has 0 bridgehead atoms. The van der Waals surface area contributed by atoms with Crippen molar-refractivity contribution in [3.63, 3.8) is 0 Å². The molecule has 1 unspecified atom stereocenters. The number of nitrogens with two attached hydrogens (primary N) is 1. The highest BCUT2D eigenvalue weighted by Crippen LogP contribution is 2.30. The molecular weight excluding hydrogens is 288 g/mol. The maximum Gasteiger partial charge on any atom is 0.407 e. The minimum absolute atomic E-state index is 0.0152. The molecule has 1 rings (SSSR count). The predicted octanol–water partition coefficient (Wildman–Crippen LogP) is 3.32. The van der Waals surface area contributed by atoms with E-state index in [-0.39, 0.29) is 12.1 Å². The van der Waals surface area contributed by atoms with Gasteiger partial charge in [-0.2, -0.15) is 0 Å². The molecule has 0 aliphatic heterocycles. The number of unbranched alkanes of at least 4 members (excludes halogenated alkanes) is 1. The summed E-state index contributed by atoms with van der Waals surface area (Å²) in [5.74, 6) is 0. The van der Waals surface area contributed by atoms with Gasteiger partial charge in [-0.05, 0) is 24.3 Å². The van der Waals surface area contributed by atoms with Gasteiger partial charge in [-0.1, -0.05) is 25.8 Å². The average molecular weight is 314 g/mol. The Morgan fingerprint density at radius 3 is 2.86 bits per heavy atom. The van der Waals surface area contributed by atoms with Crippen molar-refractivity contribution in [3.8, 4) is 0 Å². The summed E-state index contributed by atoms with van der Waals surface area (Å²) in [7, 11) is 1.58. The van der Waals surface area contributed by atoms with Crippen LogP contribution in [0.2, 0.25) is 0 Å². The van der Waals surface area contributed by atoms with E-state index in [0.29, 0.717) is 19.6 Å². The van der Waals surface area contributed by atoms with Crippen molar-refractivity contribution in [1.82, 2.24) is 4.90 Å². The molecule has 2 atom stereocenters. The second kappa shape index (κ2) is 9.76. The molecule has 0 fully saturated rings. The van der Waals surface area contributed by atoms with Crippen molar-refractivity contribution < 1.29 is 14.6 Å². The molecule has 21 heavy (non-hydrogen) atoms. The van der Waals surface area contributed by atoms with E-state index in [4.69, 9.17) is 10.5 Å². The molecule has 1 heterocycles. The van der Waals surface area contributed by atoms with Crippen LogP contribution in [0.5, 0.6) is 0 Å². The summed E-state index contributed by atoms with van der Waals surface area (Å²) in [5.41, 5.74) is 6.19. The van der Waals surface area contributed by atoms with Crippen molar-refractivity contribution in [2.24, 2.45) is 5.73 Å². The van der Waals surface area contributed by atoms with E-state index in [1.54, 1.807) is 18.4 Å². The van der Waals surface area contributed by atoms with Crippen molar-refractivity contribution in [2.45, 2.75) is 44.7 Å². The number of thiophene rings is 1.